The summed E-state index contributed by atoms with van der Waals surface area (Å²) in [5.41, 5.74) is -0.134. The summed E-state index contributed by atoms with van der Waals surface area (Å²) >= 11 is 0. The summed E-state index contributed by atoms with van der Waals surface area (Å²) in [7, 11) is 0. The first kappa shape index (κ1) is 19.5. The molecule has 2 radical (unpaired) electrons. The van der Waals surface area contributed by atoms with E-state index in [1.54, 1.807) is 24.3 Å². The molecule has 0 saturated carbocycles. The van der Waals surface area contributed by atoms with Gasteiger partial charge in [-0.1, -0.05) is 24.3 Å². The van der Waals surface area contributed by atoms with Crippen molar-refractivity contribution >= 4 is 57.4 Å². The van der Waals surface area contributed by atoms with Crippen LogP contribution in [0.4, 0.5) is 0 Å². The molecular weight excluding hydrogens is 352 g/mol. The second-order valence-electron chi connectivity index (χ2n) is 3.64. The second-order valence-corrected chi connectivity index (χ2v) is 3.64. The van der Waals surface area contributed by atoms with Gasteiger partial charge in [0, 0.05) is 45.5 Å². The first-order valence-corrected chi connectivity index (χ1v) is 5.46. The van der Waals surface area contributed by atoms with Gasteiger partial charge < -0.3 is 20.4 Å². The number of carbonyl (C=O) groups is 2. The van der Waals surface area contributed by atoms with E-state index in [1.165, 1.54) is 24.3 Å². The molecule has 0 aliphatic carbocycles. The minimum Gasteiger partial charge on any atom is -0.507 e. The summed E-state index contributed by atoms with van der Waals surface area (Å²) in [6.45, 7) is 0. The van der Waals surface area contributed by atoms with Crippen molar-refractivity contribution in [2.24, 2.45) is 0 Å². The summed E-state index contributed by atoms with van der Waals surface area (Å²) < 4.78 is 0. The van der Waals surface area contributed by atoms with Crippen LogP contribution in [0, 0.1) is 0 Å². The van der Waals surface area contributed by atoms with Crippen molar-refractivity contribution in [2.45, 2.75) is 0 Å². The van der Waals surface area contributed by atoms with Gasteiger partial charge in [-0.25, -0.2) is 9.59 Å². The number of carboxylic acid groups (broad SMARTS) is 2. The smallest absolute Gasteiger partial charge is 0.339 e. The molecule has 21 heavy (non-hydrogen) atoms. The summed E-state index contributed by atoms with van der Waals surface area (Å²) in [6.07, 6.45) is 0. The van der Waals surface area contributed by atoms with Crippen LogP contribution in [-0.2, 0) is 0 Å². The SMILES string of the molecule is O=C(O)c1ccccc1O.O=C(O)c1ccccc1O.[Sr]. The van der Waals surface area contributed by atoms with Gasteiger partial charge in [-0.2, -0.15) is 0 Å². The number of para-hydroxylation sites is 2. The average molecular weight is 364 g/mol. The number of aromatic carboxylic acids is 2. The van der Waals surface area contributed by atoms with Crippen LogP contribution in [0.5, 0.6) is 11.5 Å². The van der Waals surface area contributed by atoms with Crippen molar-refractivity contribution in [3.8, 4) is 11.5 Å². The van der Waals surface area contributed by atoms with E-state index < -0.39 is 11.9 Å². The zero-order valence-corrected chi connectivity index (χ0v) is 14.4. The van der Waals surface area contributed by atoms with Gasteiger partial charge in [0.05, 0.1) is 0 Å². The Morgan fingerprint density at radius 3 is 1.14 bits per heavy atom. The Bertz CT molecular complexity index is 571. The van der Waals surface area contributed by atoms with Gasteiger partial charge in [0.1, 0.15) is 22.6 Å². The van der Waals surface area contributed by atoms with E-state index in [0.717, 1.165) is 0 Å². The second kappa shape index (κ2) is 9.41. The molecule has 0 spiro atoms. The molecule has 0 bridgehead atoms. The van der Waals surface area contributed by atoms with E-state index >= 15 is 0 Å². The van der Waals surface area contributed by atoms with E-state index in [1.807, 2.05) is 0 Å². The third-order valence-electron chi connectivity index (χ3n) is 2.27. The van der Waals surface area contributed by atoms with Gasteiger partial charge in [0.25, 0.3) is 0 Å². The average Bonchev–Trinajstić information content (AvgIpc) is 2.40. The van der Waals surface area contributed by atoms with E-state index in [4.69, 9.17) is 20.4 Å². The quantitative estimate of drug-likeness (QED) is 0.605. The third-order valence-corrected chi connectivity index (χ3v) is 2.27. The Morgan fingerprint density at radius 2 is 0.952 bits per heavy atom. The van der Waals surface area contributed by atoms with Crippen molar-refractivity contribution in [1.82, 2.24) is 0 Å². The van der Waals surface area contributed by atoms with E-state index in [9.17, 15) is 9.59 Å². The largest absolute Gasteiger partial charge is 0.507 e. The molecule has 0 unspecified atom stereocenters. The van der Waals surface area contributed by atoms with Gasteiger partial charge in [-0.05, 0) is 24.3 Å². The van der Waals surface area contributed by atoms with E-state index in [-0.39, 0.29) is 68.1 Å². The standard InChI is InChI=1S/2C7H6O3.Sr/c2*8-6-4-2-1-3-5(6)7(9)10;/h2*1-4,8H,(H,9,10);. The number of hydrogen-bond donors (Lipinski definition) is 4. The number of benzene rings is 2. The first-order valence-electron chi connectivity index (χ1n) is 5.46. The Morgan fingerprint density at radius 1 is 0.667 bits per heavy atom. The van der Waals surface area contributed by atoms with Gasteiger partial charge >= 0.3 is 11.9 Å². The molecule has 0 aliphatic heterocycles. The Hall–Kier alpha value is -1.54. The minimum atomic E-state index is -1.11. The predicted molar refractivity (Wildman–Crippen MR) is 75.9 cm³/mol. The van der Waals surface area contributed by atoms with Crippen LogP contribution < -0.4 is 0 Å². The molecule has 7 heteroatoms. The van der Waals surface area contributed by atoms with Crippen LogP contribution in [0.15, 0.2) is 48.5 Å². The van der Waals surface area contributed by atoms with Crippen molar-refractivity contribution in [3.05, 3.63) is 59.7 Å². The molecule has 0 atom stereocenters. The third kappa shape index (κ3) is 6.18. The van der Waals surface area contributed by atoms with Crippen molar-refractivity contribution < 1.29 is 30.0 Å². The number of hydrogen-bond acceptors (Lipinski definition) is 4. The topological polar surface area (TPSA) is 115 Å². The van der Waals surface area contributed by atoms with Crippen molar-refractivity contribution in [1.29, 1.82) is 0 Å². The minimum absolute atomic E-state index is 0. The molecule has 6 nitrogen and oxygen atoms in total. The molecule has 2 aromatic carbocycles. The molecular formula is C14H12O6Sr. The van der Waals surface area contributed by atoms with Crippen molar-refractivity contribution in [3.63, 3.8) is 0 Å². The fraction of sp³-hybridized carbons (Fsp3) is 0. The summed E-state index contributed by atoms with van der Waals surface area (Å²) in [6, 6.07) is 11.6. The van der Waals surface area contributed by atoms with Crippen LogP contribution in [-0.4, -0.2) is 77.8 Å². The molecule has 0 amide bonds. The predicted octanol–water partition coefficient (Wildman–Crippen LogP) is 1.80. The number of rotatable bonds is 2. The monoisotopic (exact) mass is 364 g/mol. The van der Waals surface area contributed by atoms with Crippen LogP contribution >= 0.6 is 0 Å². The van der Waals surface area contributed by atoms with Gasteiger partial charge in [-0.3, -0.25) is 0 Å². The molecule has 0 saturated heterocycles. The van der Waals surface area contributed by atoms with Gasteiger partial charge in [0.2, 0.25) is 0 Å². The number of aromatic hydroxyl groups is 2. The first-order chi connectivity index (χ1) is 9.43. The molecule has 0 aromatic heterocycles. The number of carboxylic acids is 2. The molecule has 2 rings (SSSR count). The molecule has 4 N–H and O–H groups in total. The summed E-state index contributed by atoms with van der Waals surface area (Å²) in [4.78, 5) is 20.5. The molecule has 0 heterocycles. The Kier molecular flexibility index (Phi) is 8.72. The van der Waals surface area contributed by atoms with Crippen LogP contribution in [0.3, 0.4) is 0 Å². The van der Waals surface area contributed by atoms with E-state index in [0.29, 0.717) is 0 Å². The molecule has 106 valence electrons. The molecule has 2 aromatic rings. The number of phenols is 2. The van der Waals surface area contributed by atoms with E-state index in [2.05, 4.69) is 0 Å². The normalized spacial score (nSPS) is 8.76. The zero-order chi connectivity index (χ0) is 15.1. The fourth-order valence-electron chi connectivity index (χ4n) is 1.31. The molecule has 0 aliphatic rings. The van der Waals surface area contributed by atoms with Crippen LogP contribution in [0.25, 0.3) is 0 Å². The van der Waals surface area contributed by atoms with Gasteiger partial charge in [-0.15, -0.1) is 0 Å². The summed E-state index contributed by atoms with van der Waals surface area (Å²) in [5, 5.41) is 34.6. The maximum atomic E-state index is 10.3. The van der Waals surface area contributed by atoms with Crippen LogP contribution in [0.1, 0.15) is 20.7 Å². The maximum absolute atomic E-state index is 10.3. The van der Waals surface area contributed by atoms with Crippen LogP contribution in [0.2, 0.25) is 0 Å². The Labute approximate surface area is 157 Å². The fourth-order valence-corrected chi connectivity index (χ4v) is 1.31. The summed E-state index contributed by atoms with van der Waals surface area (Å²) in [5.74, 6) is -2.62. The molecule has 0 fully saturated rings. The van der Waals surface area contributed by atoms with Crippen molar-refractivity contribution in [2.75, 3.05) is 0 Å². The van der Waals surface area contributed by atoms with Gasteiger partial charge in [0.15, 0.2) is 0 Å². The zero-order valence-electron chi connectivity index (χ0n) is 10.9. The Balaban J connectivity index is 0.000000364. The maximum Gasteiger partial charge on any atom is 0.339 e.